The predicted octanol–water partition coefficient (Wildman–Crippen LogP) is 2.57. The van der Waals surface area contributed by atoms with Crippen LogP contribution >= 0.6 is 0 Å². The maximum atomic E-state index is 12.9. The Hall–Kier alpha value is -2.69. The summed E-state index contributed by atoms with van der Waals surface area (Å²) in [4.78, 5) is 25.9. The average Bonchev–Trinajstić information content (AvgIpc) is 3.37. The third kappa shape index (κ3) is 1.68. The molecular weight excluding hydrogens is 326 g/mol. The van der Waals surface area contributed by atoms with E-state index in [1.54, 1.807) is 6.21 Å². The molecule has 4 aliphatic carbocycles. The summed E-state index contributed by atoms with van der Waals surface area (Å²) in [5.41, 5.74) is 2.02. The summed E-state index contributed by atoms with van der Waals surface area (Å²) in [6.07, 6.45) is 9.18. The Balaban J connectivity index is 1.36. The second-order valence-corrected chi connectivity index (χ2v) is 8.10. The first-order chi connectivity index (χ1) is 12.6. The molecule has 1 aromatic heterocycles. The number of hydrogen-bond donors (Lipinski definition) is 0. The van der Waals surface area contributed by atoms with Crippen LogP contribution in [0.4, 0.5) is 0 Å². The standard InChI is InChI=1S/C21H19N3O2/c1-23-10-11(12-4-2-3-5-17(12)23)9-22-24-20(25)18-13-6-7-14(16-8-15(13)16)19(18)21(24)26/h2-7,9-10,13-16,18-19H,8H2,1H3/b22-9-/t13-,14-,15-,16+,18+,19+/m1/s1. The smallest absolute Gasteiger partial charge is 0.254 e. The topological polar surface area (TPSA) is 54.7 Å². The first-order valence-corrected chi connectivity index (χ1v) is 9.29. The van der Waals surface area contributed by atoms with Crippen LogP contribution in [0.1, 0.15) is 12.0 Å². The number of aryl methyl sites for hydroxylation is 1. The van der Waals surface area contributed by atoms with E-state index in [9.17, 15) is 9.59 Å². The summed E-state index contributed by atoms with van der Waals surface area (Å²) in [6, 6.07) is 8.05. The minimum atomic E-state index is -0.189. The zero-order chi connectivity index (χ0) is 17.6. The zero-order valence-electron chi connectivity index (χ0n) is 14.4. The van der Waals surface area contributed by atoms with Crippen molar-refractivity contribution in [3.05, 3.63) is 48.2 Å². The summed E-state index contributed by atoms with van der Waals surface area (Å²) in [5.74, 6) is 1.11. The molecule has 0 unspecified atom stereocenters. The molecule has 3 fully saturated rings. The van der Waals surface area contributed by atoms with Crippen LogP contribution in [-0.2, 0) is 16.6 Å². The molecule has 26 heavy (non-hydrogen) atoms. The lowest BCUT2D eigenvalue weighted by atomic mass is 9.63. The molecule has 2 heterocycles. The van der Waals surface area contributed by atoms with Gasteiger partial charge in [0.15, 0.2) is 0 Å². The zero-order valence-corrected chi connectivity index (χ0v) is 14.4. The molecule has 5 heteroatoms. The average molecular weight is 345 g/mol. The lowest BCUT2D eigenvalue weighted by molar-refractivity contribution is -0.140. The lowest BCUT2D eigenvalue weighted by Gasteiger charge is -2.37. The highest BCUT2D eigenvalue weighted by molar-refractivity contribution is 6.07. The van der Waals surface area contributed by atoms with E-state index in [1.807, 2.05) is 42.1 Å². The molecule has 130 valence electrons. The molecule has 5 aliphatic rings. The van der Waals surface area contributed by atoms with Crippen LogP contribution in [0.2, 0.25) is 0 Å². The van der Waals surface area contributed by atoms with Gasteiger partial charge in [-0.05, 0) is 36.2 Å². The number of aromatic nitrogens is 1. The van der Waals surface area contributed by atoms with E-state index >= 15 is 0 Å². The third-order valence-electron chi connectivity index (χ3n) is 6.88. The number of carbonyl (C=O) groups excluding carboxylic acids is 2. The quantitative estimate of drug-likeness (QED) is 0.477. The van der Waals surface area contributed by atoms with Gasteiger partial charge < -0.3 is 4.57 Å². The van der Waals surface area contributed by atoms with E-state index in [1.165, 1.54) is 6.42 Å². The number of amides is 2. The first kappa shape index (κ1) is 14.5. The minimum Gasteiger partial charge on any atom is -0.350 e. The summed E-state index contributed by atoms with van der Waals surface area (Å²) < 4.78 is 2.03. The minimum absolute atomic E-state index is 0.110. The van der Waals surface area contributed by atoms with Crippen LogP contribution in [0.5, 0.6) is 0 Å². The maximum absolute atomic E-state index is 12.9. The van der Waals surface area contributed by atoms with Crippen molar-refractivity contribution in [3.63, 3.8) is 0 Å². The second-order valence-electron chi connectivity index (χ2n) is 8.10. The van der Waals surface area contributed by atoms with Crippen molar-refractivity contribution < 1.29 is 9.59 Å². The van der Waals surface area contributed by atoms with E-state index < -0.39 is 0 Å². The Morgan fingerprint density at radius 3 is 2.38 bits per heavy atom. The Labute approximate surface area is 151 Å². The van der Waals surface area contributed by atoms with E-state index in [-0.39, 0.29) is 35.5 Å². The van der Waals surface area contributed by atoms with Crippen LogP contribution in [0.25, 0.3) is 10.9 Å². The van der Waals surface area contributed by atoms with Crippen LogP contribution in [0.3, 0.4) is 0 Å². The van der Waals surface area contributed by atoms with Gasteiger partial charge in [-0.2, -0.15) is 10.1 Å². The summed E-state index contributed by atoms with van der Waals surface area (Å²) >= 11 is 0. The van der Waals surface area contributed by atoms with Crippen LogP contribution < -0.4 is 0 Å². The summed E-state index contributed by atoms with van der Waals surface area (Å²) in [5, 5.41) is 6.56. The fourth-order valence-corrected chi connectivity index (χ4v) is 5.65. The number of hydrogen-bond acceptors (Lipinski definition) is 3. The largest absolute Gasteiger partial charge is 0.350 e. The molecule has 1 aromatic carbocycles. The number of rotatable bonds is 2. The molecule has 1 aliphatic heterocycles. The normalized spacial score (nSPS) is 37.0. The number of para-hydroxylation sites is 1. The number of fused-ring (bicyclic) bond motifs is 1. The van der Waals surface area contributed by atoms with E-state index in [4.69, 9.17) is 0 Å². The Morgan fingerprint density at radius 1 is 1.04 bits per heavy atom. The van der Waals surface area contributed by atoms with Crippen molar-refractivity contribution in [2.75, 3.05) is 0 Å². The van der Waals surface area contributed by atoms with Crippen molar-refractivity contribution in [1.29, 1.82) is 0 Å². The van der Waals surface area contributed by atoms with Gasteiger partial charge in [0, 0.05) is 29.7 Å². The Bertz CT molecular complexity index is 997. The number of nitrogens with zero attached hydrogens (tertiary/aromatic N) is 3. The third-order valence-corrected chi connectivity index (χ3v) is 6.88. The van der Waals surface area contributed by atoms with Crippen molar-refractivity contribution in [2.45, 2.75) is 6.42 Å². The van der Waals surface area contributed by atoms with E-state index in [0.717, 1.165) is 21.5 Å². The van der Waals surface area contributed by atoms with Gasteiger partial charge in [-0.3, -0.25) is 9.59 Å². The lowest BCUT2D eigenvalue weighted by Crippen LogP contribution is -2.40. The van der Waals surface area contributed by atoms with E-state index in [0.29, 0.717) is 11.8 Å². The Kier molecular flexibility index (Phi) is 2.63. The molecule has 0 radical (unpaired) electrons. The van der Waals surface area contributed by atoms with Gasteiger partial charge in [0.1, 0.15) is 0 Å². The summed E-state index contributed by atoms with van der Waals surface area (Å²) in [6.45, 7) is 0. The van der Waals surface area contributed by atoms with Crippen LogP contribution in [-0.4, -0.2) is 27.6 Å². The highest BCUT2D eigenvalue weighted by Gasteiger charge is 2.67. The summed E-state index contributed by atoms with van der Waals surface area (Å²) in [7, 11) is 1.98. The van der Waals surface area contributed by atoms with Crippen molar-refractivity contribution >= 4 is 28.9 Å². The Morgan fingerprint density at radius 2 is 1.69 bits per heavy atom. The second kappa shape index (κ2) is 4.72. The maximum Gasteiger partial charge on any atom is 0.254 e. The first-order valence-electron chi connectivity index (χ1n) is 9.29. The molecule has 5 nitrogen and oxygen atoms in total. The van der Waals surface area contributed by atoms with Crippen molar-refractivity contribution in [2.24, 2.45) is 47.7 Å². The van der Waals surface area contributed by atoms with Gasteiger partial charge in [0.05, 0.1) is 18.1 Å². The molecule has 0 N–H and O–H groups in total. The number of allylic oxidation sites excluding steroid dienone is 2. The monoisotopic (exact) mass is 345 g/mol. The molecule has 6 atom stereocenters. The molecule has 2 amide bonds. The number of benzene rings is 1. The molecular formula is C21H19N3O2. The number of carbonyl (C=O) groups is 2. The van der Waals surface area contributed by atoms with Crippen molar-refractivity contribution in [3.8, 4) is 0 Å². The molecule has 1 saturated heterocycles. The molecule has 7 rings (SSSR count). The van der Waals surface area contributed by atoms with Gasteiger partial charge in [0.2, 0.25) is 0 Å². The predicted molar refractivity (Wildman–Crippen MR) is 97.1 cm³/mol. The molecule has 2 saturated carbocycles. The van der Waals surface area contributed by atoms with Gasteiger partial charge in [0.25, 0.3) is 11.8 Å². The van der Waals surface area contributed by atoms with Gasteiger partial charge in [-0.25, -0.2) is 0 Å². The number of hydrazone groups is 1. The van der Waals surface area contributed by atoms with E-state index in [2.05, 4.69) is 17.3 Å². The van der Waals surface area contributed by atoms with Gasteiger partial charge in [-0.1, -0.05) is 30.4 Å². The van der Waals surface area contributed by atoms with Gasteiger partial charge >= 0.3 is 0 Å². The molecule has 2 bridgehead atoms. The van der Waals surface area contributed by atoms with Crippen molar-refractivity contribution in [1.82, 2.24) is 9.58 Å². The van der Waals surface area contributed by atoms with Crippen LogP contribution in [0, 0.1) is 35.5 Å². The molecule has 2 aromatic rings. The highest BCUT2D eigenvalue weighted by Crippen LogP contribution is 2.65. The molecule has 0 spiro atoms. The fraction of sp³-hybridized carbons (Fsp3) is 0.381. The van der Waals surface area contributed by atoms with Crippen LogP contribution in [0.15, 0.2) is 47.7 Å². The number of imide groups is 1. The van der Waals surface area contributed by atoms with Gasteiger partial charge in [-0.15, -0.1) is 0 Å². The highest BCUT2D eigenvalue weighted by atomic mass is 16.2. The SMILES string of the molecule is Cn1cc(/C=N\N2C(=O)[C@H]3[C@@H]4C=C[C@H]([C@@H]5C[C@H]45)[C@@H]3C2=O)c2ccccc21. The fourth-order valence-electron chi connectivity index (χ4n) is 5.65.